The third-order valence-electron chi connectivity index (χ3n) is 3.55. The first kappa shape index (κ1) is 15.9. The number of carbonyl (C=O) groups is 2. The van der Waals surface area contributed by atoms with Gasteiger partial charge in [0.2, 0.25) is 0 Å². The van der Waals surface area contributed by atoms with Crippen LogP contribution in [0.5, 0.6) is 5.75 Å². The van der Waals surface area contributed by atoms with Gasteiger partial charge < -0.3 is 18.6 Å². The number of hydrogen-bond donors (Lipinski definition) is 0. The topological polar surface area (TPSA) is 66.2 Å². The van der Waals surface area contributed by atoms with Crippen LogP contribution in [0.4, 0.5) is 4.79 Å². The highest BCUT2D eigenvalue weighted by Gasteiger charge is 2.19. The Morgan fingerprint density at radius 2 is 1.71 bits per heavy atom. The van der Waals surface area contributed by atoms with Crippen LogP contribution >= 0.6 is 0 Å². The van der Waals surface area contributed by atoms with E-state index >= 15 is 0 Å². The van der Waals surface area contributed by atoms with Crippen LogP contribution in [0.2, 0.25) is 0 Å². The molecule has 0 atom stereocenters. The van der Waals surface area contributed by atoms with Crippen molar-refractivity contribution in [3.05, 3.63) is 48.2 Å². The molecule has 0 aliphatic carbocycles. The number of nitrogens with zero attached hydrogens (tertiary/aromatic N) is 1. The maximum atomic E-state index is 12.3. The minimum atomic E-state index is -0.765. The van der Waals surface area contributed by atoms with Gasteiger partial charge in [0.1, 0.15) is 0 Å². The summed E-state index contributed by atoms with van der Waals surface area (Å²) in [5.41, 5.74) is 2.01. The second-order valence-electron chi connectivity index (χ2n) is 5.02. The molecule has 24 heavy (non-hydrogen) atoms. The Morgan fingerprint density at radius 3 is 2.46 bits per heavy atom. The average molecular weight is 327 g/mol. The van der Waals surface area contributed by atoms with E-state index in [-0.39, 0.29) is 12.6 Å². The lowest BCUT2D eigenvalue weighted by Gasteiger charge is -2.06. The standard InChI is InChI=1S/C18H17NO5/c1-3-22-17(20)16-13-7-5-6-8-14(13)19-11-12(9-10-15(16)19)24-18(21)23-4-2/h5-11H,3-4H2,1-2H3. The lowest BCUT2D eigenvalue weighted by Crippen LogP contribution is -2.10. The highest BCUT2D eigenvalue weighted by atomic mass is 16.7. The number of esters is 1. The van der Waals surface area contributed by atoms with Crippen molar-refractivity contribution in [2.24, 2.45) is 0 Å². The second-order valence-corrected chi connectivity index (χ2v) is 5.02. The quantitative estimate of drug-likeness (QED) is 0.682. The van der Waals surface area contributed by atoms with E-state index in [0.29, 0.717) is 23.4 Å². The van der Waals surface area contributed by atoms with E-state index in [4.69, 9.17) is 14.2 Å². The fourth-order valence-electron chi connectivity index (χ4n) is 2.64. The van der Waals surface area contributed by atoms with Gasteiger partial charge in [0, 0.05) is 5.39 Å². The third kappa shape index (κ3) is 2.78. The molecule has 0 radical (unpaired) electrons. The Kier molecular flexibility index (Phi) is 4.37. The first-order valence-corrected chi connectivity index (χ1v) is 7.70. The summed E-state index contributed by atoms with van der Waals surface area (Å²) in [6.45, 7) is 4.01. The summed E-state index contributed by atoms with van der Waals surface area (Å²) in [4.78, 5) is 23.8. The highest BCUT2D eigenvalue weighted by Crippen LogP contribution is 2.29. The van der Waals surface area contributed by atoms with Crippen molar-refractivity contribution in [2.75, 3.05) is 13.2 Å². The minimum Gasteiger partial charge on any atom is -0.462 e. The summed E-state index contributed by atoms with van der Waals surface area (Å²) in [7, 11) is 0. The monoisotopic (exact) mass is 327 g/mol. The predicted molar refractivity (Wildman–Crippen MR) is 88.5 cm³/mol. The Labute approximate surface area is 138 Å². The van der Waals surface area contributed by atoms with Crippen molar-refractivity contribution in [1.29, 1.82) is 0 Å². The number of hydrogen-bond acceptors (Lipinski definition) is 5. The molecule has 0 spiro atoms. The van der Waals surface area contributed by atoms with E-state index in [2.05, 4.69) is 0 Å². The largest absolute Gasteiger partial charge is 0.513 e. The molecule has 0 saturated carbocycles. The van der Waals surface area contributed by atoms with Gasteiger partial charge in [-0.2, -0.15) is 0 Å². The lowest BCUT2D eigenvalue weighted by atomic mass is 10.1. The van der Waals surface area contributed by atoms with E-state index in [1.54, 1.807) is 36.6 Å². The van der Waals surface area contributed by atoms with Crippen LogP contribution in [0.3, 0.4) is 0 Å². The molecule has 0 aliphatic rings. The predicted octanol–water partition coefficient (Wildman–Crippen LogP) is 3.80. The average Bonchev–Trinajstić information content (AvgIpc) is 2.89. The molecular weight excluding hydrogens is 310 g/mol. The smallest absolute Gasteiger partial charge is 0.462 e. The third-order valence-corrected chi connectivity index (χ3v) is 3.55. The number of aromatic nitrogens is 1. The Balaban J connectivity index is 2.14. The number of para-hydroxylation sites is 1. The summed E-state index contributed by atoms with van der Waals surface area (Å²) in [6, 6.07) is 10.8. The summed E-state index contributed by atoms with van der Waals surface area (Å²) >= 11 is 0. The van der Waals surface area contributed by atoms with Crippen LogP contribution in [0.15, 0.2) is 42.6 Å². The minimum absolute atomic E-state index is 0.237. The molecule has 3 aromatic rings. The highest BCUT2D eigenvalue weighted by molar-refractivity contribution is 6.11. The maximum absolute atomic E-state index is 12.3. The zero-order valence-electron chi connectivity index (χ0n) is 13.4. The fourth-order valence-corrected chi connectivity index (χ4v) is 2.64. The Bertz CT molecular complexity index is 912. The maximum Gasteiger partial charge on any atom is 0.513 e. The molecule has 0 N–H and O–H groups in total. The van der Waals surface area contributed by atoms with Crippen molar-refractivity contribution >= 4 is 28.5 Å². The van der Waals surface area contributed by atoms with Crippen molar-refractivity contribution in [2.45, 2.75) is 13.8 Å². The molecule has 124 valence electrons. The number of rotatable bonds is 4. The van der Waals surface area contributed by atoms with Gasteiger partial charge in [-0.15, -0.1) is 0 Å². The van der Waals surface area contributed by atoms with Gasteiger partial charge in [-0.3, -0.25) is 0 Å². The van der Waals surface area contributed by atoms with E-state index < -0.39 is 6.16 Å². The molecule has 0 fully saturated rings. The first-order chi connectivity index (χ1) is 11.7. The van der Waals surface area contributed by atoms with E-state index in [1.807, 2.05) is 24.3 Å². The number of pyridine rings is 1. The summed E-state index contributed by atoms with van der Waals surface area (Å²) in [6.07, 6.45) is 0.885. The molecule has 2 heterocycles. The molecule has 2 aromatic heterocycles. The van der Waals surface area contributed by atoms with Crippen LogP contribution in [0.25, 0.3) is 16.4 Å². The van der Waals surface area contributed by atoms with Crippen LogP contribution in [0.1, 0.15) is 24.2 Å². The molecular formula is C18H17NO5. The Morgan fingerprint density at radius 1 is 0.958 bits per heavy atom. The van der Waals surface area contributed by atoms with Gasteiger partial charge in [-0.1, -0.05) is 18.2 Å². The van der Waals surface area contributed by atoms with Gasteiger partial charge in [0.05, 0.1) is 36.0 Å². The van der Waals surface area contributed by atoms with Crippen LogP contribution in [-0.4, -0.2) is 29.7 Å². The number of carbonyl (C=O) groups excluding carboxylic acids is 2. The van der Waals surface area contributed by atoms with Crippen LogP contribution < -0.4 is 4.74 Å². The molecule has 0 aliphatic heterocycles. The number of benzene rings is 1. The van der Waals surface area contributed by atoms with Gasteiger partial charge >= 0.3 is 12.1 Å². The summed E-state index contributed by atoms with van der Waals surface area (Å²) in [5.74, 6) is -0.0487. The molecule has 0 saturated heterocycles. The summed E-state index contributed by atoms with van der Waals surface area (Å²) < 4.78 is 16.9. The molecule has 1 aromatic carbocycles. The molecule has 3 rings (SSSR count). The van der Waals surface area contributed by atoms with Crippen LogP contribution in [-0.2, 0) is 9.47 Å². The molecule has 0 amide bonds. The molecule has 6 heteroatoms. The fraction of sp³-hybridized carbons (Fsp3) is 0.222. The van der Waals surface area contributed by atoms with E-state index in [1.165, 1.54) is 0 Å². The zero-order chi connectivity index (χ0) is 17.1. The number of fused-ring (bicyclic) bond motifs is 3. The van der Waals surface area contributed by atoms with Crippen molar-refractivity contribution in [1.82, 2.24) is 4.40 Å². The number of ether oxygens (including phenoxy) is 3. The van der Waals surface area contributed by atoms with Crippen LogP contribution in [0, 0.1) is 0 Å². The van der Waals surface area contributed by atoms with Crippen molar-refractivity contribution in [3.63, 3.8) is 0 Å². The molecule has 6 nitrogen and oxygen atoms in total. The van der Waals surface area contributed by atoms with E-state index in [0.717, 1.165) is 10.9 Å². The second kappa shape index (κ2) is 6.62. The van der Waals surface area contributed by atoms with Gasteiger partial charge in [0.25, 0.3) is 0 Å². The lowest BCUT2D eigenvalue weighted by molar-refractivity contribution is 0.0530. The first-order valence-electron chi connectivity index (χ1n) is 7.70. The molecule has 0 unspecified atom stereocenters. The Hall–Kier alpha value is -3.02. The van der Waals surface area contributed by atoms with Gasteiger partial charge in [-0.05, 0) is 32.0 Å². The van der Waals surface area contributed by atoms with Gasteiger partial charge in [-0.25, -0.2) is 9.59 Å². The normalized spacial score (nSPS) is 10.8. The van der Waals surface area contributed by atoms with Crippen molar-refractivity contribution < 1.29 is 23.8 Å². The van der Waals surface area contributed by atoms with E-state index in [9.17, 15) is 9.59 Å². The summed E-state index contributed by atoms with van der Waals surface area (Å²) in [5, 5.41) is 0.782. The SMILES string of the molecule is CCOC(=O)Oc1ccc2c(C(=O)OCC)c3ccccc3n2c1. The zero-order valence-corrected chi connectivity index (χ0v) is 13.4. The van der Waals surface area contributed by atoms with Gasteiger partial charge in [0.15, 0.2) is 5.75 Å². The molecule has 0 bridgehead atoms. The van der Waals surface area contributed by atoms with Crippen molar-refractivity contribution in [3.8, 4) is 5.75 Å².